The summed E-state index contributed by atoms with van der Waals surface area (Å²) in [5.74, 6) is -0.121. The molecule has 152 valence electrons. The number of morpholine rings is 1. The van der Waals surface area contributed by atoms with Crippen molar-refractivity contribution < 1.29 is 14.5 Å². The molecule has 7 nitrogen and oxygen atoms in total. The standard InChI is InChI=1S/C22H25N3O4/c1-15-12-23(13-16(2)29-15)14-17-3-5-19(6-4-17)22(26)24-10-9-18-7-8-20(25(27)28)11-21(18)24/h3-8,11,15-16H,9-10,12-14H2,1-2H3. The number of fused-ring (bicyclic) bond motifs is 1. The molecule has 2 aliphatic heterocycles. The van der Waals surface area contributed by atoms with Gasteiger partial charge >= 0.3 is 0 Å². The van der Waals surface area contributed by atoms with E-state index in [1.165, 1.54) is 12.1 Å². The second-order valence-corrected chi connectivity index (χ2v) is 7.93. The first-order valence-electron chi connectivity index (χ1n) is 9.96. The van der Waals surface area contributed by atoms with Gasteiger partial charge in [-0.3, -0.25) is 19.8 Å². The molecular formula is C22H25N3O4. The number of ether oxygens (including phenoxy) is 1. The van der Waals surface area contributed by atoms with E-state index in [0.29, 0.717) is 24.2 Å². The molecule has 2 heterocycles. The lowest BCUT2D eigenvalue weighted by Crippen LogP contribution is -2.44. The smallest absolute Gasteiger partial charge is 0.271 e. The summed E-state index contributed by atoms with van der Waals surface area (Å²) < 4.78 is 5.78. The van der Waals surface area contributed by atoms with Crippen LogP contribution in [0, 0.1) is 10.1 Å². The number of hydrogen-bond donors (Lipinski definition) is 0. The number of nitro benzene ring substituents is 1. The van der Waals surface area contributed by atoms with E-state index in [1.54, 1.807) is 11.0 Å². The average Bonchev–Trinajstić information content (AvgIpc) is 3.10. The summed E-state index contributed by atoms with van der Waals surface area (Å²) in [7, 11) is 0. The van der Waals surface area contributed by atoms with Crippen molar-refractivity contribution in [1.29, 1.82) is 0 Å². The fourth-order valence-corrected chi connectivity index (χ4v) is 4.27. The second kappa shape index (κ2) is 7.93. The molecule has 4 rings (SSSR count). The van der Waals surface area contributed by atoms with Gasteiger partial charge < -0.3 is 9.64 Å². The minimum Gasteiger partial charge on any atom is -0.373 e. The lowest BCUT2D eigenvalue weighted by molar-refractivity contribution is -0.384. The van der Waals surface area contributed by atoms with Crippen molar-refractivity contribution in [3.05, 3.63) is 69.3 Å². The number of carbonyl (C=O) groups excluding carboxylic acids is 1. The predicted octanol–water partition coefficient (Wildman–Crippen LogP) is 3.41. The van der Waals surface area contributed by atoms with Gasteiger partial charge in [-0.2, -0.15) is 0 Å². The highest BCUT2D eigenvalue weighted by Gasteiger charge is 2.28. The third-order valence-electron chi connectivity index (χ3n) is 5.52. The monoisotopic (exact) mass is 395 g/mol. The van der Waals surface area contributed by atoms with Crippen LogP contribution >= 0.6 is 0 Å². The largest absolute Gasteiger partial charge is 0.373 e. The number of carbonyl (C=O) groups is 1. The molecule has 7 heteroatoms. The molecule has 0 aliphatic carbocycles. The summed E-state index contributed by atoms with van der Waals surface area (Å²) in [6, 6.07) is 12.4. The zero-order chi connectivity index (χ0) is 20.5. The average molecular weight is 395 g/mol. The van der Waals surface area contributed by atoms with Crippen molar-refractivity contribution in [2.24, 2.45) is 0 Å². The SMILES string of the molecule is CC1CN(Cc2ccc(C(=O)N3CCc4ccc([N+](=O)[O-])cc43)cc2)CC(C)O1. The molecule has 1 amide bonds. The fourth-order valence-electron chi connectivity index (χ4n) is 4.27. The first-order chi connectivity index (χ1) is 13.9. The molecule has 0 radical (unpaired) electrons. The van der Waals surface area contributed by atoms with Gasteiger partial charge in [-0.1, -0.05) is 18.2 Å². The first kappa shape index (κ1) is 19.5. The van der Waals surface area contributed by atoms with Crippen LogP contribution in [0.25, 0.3) is 0 Å². The Bertz CT molecular complexity index is 918. The van der Waals surface area contributed by atoms with E-state index in [-0.39, 0.29) is 23.8 Å². The number of rotatable bonds is 4. The number of nitro groups is 1. The van der Waals surface area contributed by atoms with E-state index in [1.807, 2.05) is 24.3 Å². The second-order valence-electron chi connectivity index (χ2n) is 7.93. The molecule has 2 atom stereocenters. The fraction of sp³-hybridized carbons (Fsp3) is 0.409. The zero-order valence-corrected chi connectivity index (χ0v) is 16.7. The number of nitrogens with zero attached hydrogens (tertiary/aromatic N) is 3. The van der Waals surface area contributed by atoms with E-state index >= 15 is 0 Å². The summed E-state index contributed by atoms with van der Waals surface area (Å²) >= 11 is 0. The van der Waals surface area contributed by atoms with Gasteiger partial charge in [0.2, 0.25) is 0 Å². The lowest BCUT2D eigenvalue weighted by Gasteiger charge is -2.35. The highest BCUT2D eigenvalue weighted by molar-refractivity contribution is 6.07. The summed E-state index contributed by atoms with van der Waals surface area (Å²) in [5, 5.41) is 11.1. The van der Waals surface area contributed by atoms with E-state index in [9.17, 15) is 14.9 Å². The van der Waals surface area contributed by atoms with Crippen LogP contribution < -0.4 is 4.90 Å². The predicted molar refractivity (Wildman–Crippen MR) is 110 cm³/mol. The van der Waals surface area contributed by atoms with Gasteiger partial charge in [0.25, 0.3) is 11.6 Å². The van der Waals surface area contributed by atoms with Crippen LogP contribution in [0.4, 0.5) is 11.4 Å². The molecule has 0 aromatic heterocycles. The van der Waals surface area contributed by atoms with Crippen LogP contribution in [0.2, 0.25) is 0 Å². The number of benzene rings is 2. The van der Waals surface area contributed by atoms with Crippen molar-refractivity contribution >= 4 is 17.3 Å². The molecule has 29 heavy (non-hydrogen) atoms. The quantitative estimate of drug-likeness (QED) is 0.586. The van der Waals surface area contributed by atoms with Gasteiger partial charge in [0.15, 0.2) is 0 Å². The highest BCUT2D eigenvalue weighted by Crippen LogP contribution is 2.32. The van der Waals surface area contributed by atoms with Crippen LogP contribution in [0.3, 0.4) is 0 Å². The Morgan fingerprint density at radius 3 is 2.48 bits per heavy atom. The molecular weight excluding hydrogens is 370 g/mol. The van der Waals surface area contributed by atoms with Gasteiger partial charge in [0, 0.05) is 43.9 Å². The van der Waals surface area contributed by atoms with Gasteiger partial charge in [0.1, 0.15) is 0 Å². The summed E-state index contributed by atoms with van der Waals surface area (Å²) in [6.07, 6.45) is 1.16. The Labute approximate surface area is 170 Å². The molecule has 2 aromatic rings. The topological polar surface area (TPSA) is 75.9 Å². The van der Waals surface area contributed by atoms with Crippen molar-refractivity contribution in [3.8, 4) is 0 Å². The number of amides is 1. The Morgan fingerprint density at radius 1 is 1.14 bits per heavy atom. The van der Waals surface area contributed by atoms with Gasteiger partial charge in [0.05, 0.1) is 22.8 Å². The first-order valence-corrected chi connectivity index (χ1v) is 9.96. The van der Waals surface area contributed by atoms with Crippen molar-refractivity contribution in [2.75, 3.05) is 24.5 Å². The van der Waals surface area contributed by atoms with Gasteiger partial charge in [-0.25, -0.2) is 0 Å². The molecule has 2 unspecified atom stereocenters. The van der Waals surface area contributed by atoms with Crippen LogP contribution in [0.5, 0.6) is 0 Å². The molecule has 2 aliphatic rings. The molecule has 1 saturated heterocycles. The molecule has 0 saturated carbocycles. The molecule has 2 aromatic carbocycles. The molecule has 0 N–H and O–H groups in total. The van der Waals surface area contributed by atoms with E-state index < -0.39 is 4.92 Å². The Morgan fingerprint density at radius 2 is 1.83 bits per heavy atom. The zero-order valence-electron chi connectivity index (χ0n) is 16.7. The van der Waals surface area contributed by atoms with Gasteiger partial charge in [-0.15, -0.1) is 0 Å². The Kier molecular flexibility index (Phi) is 5.34. The van der Waals surface area contributed by atoms with Crippen molar-refractivity contribution in [1.82, 2.24) is 4.90 Å². The van der Waals surface area contributed by atoms with Crippen LogP contribution in [-0.2, 0) is 17.7 Å². The van der Waals surface area contributed by atoms with Crippen molar-refractivity contribution in [2.45, 2.75) is 39.0 Å². The summed E-state index contributed by atoms with van der Waals surface area (Å²) in [5.41, 5.74) is 3.37. The molecule has 1 fully saturated rings. The number of hydrogen-bond acceptors (Lipinski definition) is 5. The third-order valence-corrected chi connectivity index (χ3v) is 5.52. The van der Waals surface area contributed by atoms with E-state index in [2.05, 4.69) is 18.7 Å². The highest BCUT2D eigenvalue weighted by atomic mass is 16.6. The number of non-ortho nitro benzene ring substituents is 1. The minimum atomic E-state index is -0.427. The minimum absolute atomic E-state index is 0.00719. The molecule has 0 spiro atoms. The van der Waals surface area contributed by atoms with Crippen molar-refractivity contribution in [3.63, 3.8) is 0 Å². The van der Waals surface area contributed by atoms with Crippen LogP contribution in [-0.4, -0.2) is 47.6 Å². The van der Waals surface area contributed by atoms with Crippen LogP contribution in [0.15, 0.2) is 42.5 Å². The maximum absolute atomic E-state index is 13.0. The Hall–Kier alpha value is -2.77. The lowest BCUT2D eigenvalue weighted by atomic mass is 10.1. The third kappa shape index (κ3) is 4.16. The normalized spacial score (nSPS) is 21.8. The number of anilines is 1. The van der Waals surface area contributed by atoms with Crippen LogP contribution in [0.1, 0.15) is 35.3 Å². The van der Waals surface area contributed by atoms with E-state index in [4.69, 9.17) is 4.74 Å². The summed E-state index contributed by atoms with van der Waals surface area (Å²) in [4.78, 5) is 27.7. The maximum atomic E-state index is 13.0. The van der Waals surface area contributed by atoms with Gasteiger partial charge in [-0.05, 0) is 43.5 Å². The Balaban J connectivity index is 1.47. The molecule has 0 bridgehead atoms. The summed E-state index contributed by atoms with van der Waals surface area (Å²) in [6.45, 7) is 7.33. The van der Waals surface area contributed by atoms with E-state index in [0.717, 1.165) is 30.8 Å². The maximum Gasteiger partial charge on any atom is 0.271 e.